The number of nitrogens with two attached hydrogens (primary N) is 2. The molecule has 1 heterocycles. The smallest absolute Gasteiger partial charge is 0.145 e. The van der Waals surface area contributed by atoms with Gasteiger partial charge < -0.3 is 26.8 Å². The maximum absolute atomic E-state index is 8.95. The van der Waals surface area contributed by atoms with Gasteiger partial charge in [-0.15, -0.1) is 0 Å². The first-order valence-electron chi connectivity index (χ1n) is 6.75. The van der Waals surface area contributed by atoms with Crippen LogP contribution >= 0.6 is 0 Å². The number of anilines is 4. The molecular weight excluding hydrogens is 268 g/mol. The maximum Gasteiger partial charge on any atom is 0.145 e. The van der Waals surface area contributed by atoms with Crippen LogP contribution in [0.25, 0.3) is 0 Å². The molecule has 0 saturated heterocycles. The van der Waals surface area contributed by atoms with Gasteiger partial charge in [-0.3, -0.25) is 0 Å². The summed E-state index contributed by atoms with van der Waals surface area (Å²) in [4.78, 5) is 2.04. The van der Waals surface area contributed by atoms with Crippen LogP contribution in [0.1, 0.15) is 5.69 Å². The van der Waals surface area contributed by atoms with Crippen LogP contribution in [0, 0.1) is 0 Å². The molecule has 0 atom stereocenters. The van der Waals surface area contributed by atoms with Crippen LogP contribution in [-0.4, -0.2) is 35.6 Å². The van der Waals surface area contributed by atoms with Gasteiger partial charge in [0, 0.05) is 25.5 Å². The molecule has 0 aliphatic heterocycles. The molecule has 114 valence electrons. The molecular formula is C14H22N6O. The van der Waals surface area contributed by atoms with Gasteiger partial charge in [-0.1, -0.05) is 0 Å². The molecule has 1 aromatic heterocycles. The molecule has 0 aliphatic carbocycles. The summed E-state index contributed by atoms with van der Waals surface area (Å²) in [7, 11) is 4.00. The summed E-state index contributed by atoms with van der Waals surface area (Å²) < 4.78 is 1.52. The highest BCUT2D eigenvalue weighted by molar-refractivity contribution is 5.63. The van der Waals surface area contributed by atoms with Crippen molar-refractivity contribution in [3.05, 3.63) is 30.0 Å². The zero-order valence-corrected chi connectivity index (χ0v) is 12.4. The molecule has 1 aromatic carbocycles. The van der Waals surface area contributed by atoms with E-state index in [-0.39, 0.29) is 6.61 Å². The highest BCUT2D eigenvalue weighted by Gasteiger charge is 2.12. The monoisotopic (exact) mass is 290 g/mol. The second-order valence-electron chi connectivity index (χ2n) is 4.99. The molecule has 0 fully saturated rings. The molecule has 0 spiro atoms. The number of nitrogen functional groups attached to an aromatic ring is 2. The van der Waals surface area contributed by atoms with E-state index in [0.717, 1.165) is 11.4 Å². The van der Waals surface area contributed by atoms with Gasteiger partial charge in [-0.25, -0.2) is 4.68 Å². The molecule has 7 nitrogen and oxygen atoms in total. The Bertz CT molecular complexity index is 590. The molecule has 6 N–H and O–H groups in total. The van der Waals surface area contributed by atoms with Crippen molar-refractivity contribution in [1.29, 1.82) is 0 Å². The van der Waals surface area contributed by atoms with Crippen LogP contribution in [0.15, 0.2) is 24.3 Å². The number of nitrogens with one attached hydrogen (secondary N) is 1. The lowest BCUT2D eigenvalue weighted by Gasteiger charge is -2.13. The van der Waals surface area contributed by atoms with E-state index >= 15 is 0 Å². The summed E-state index contributed by atoms with van der Waals surface area (Å²) in [6, 6.07) is 8.06. The van der Waals surface area contributed by atoms with Gasteiger partial charge in [0.25, 0.3) is 0 Å². The molecule has 0 aliphatic rings. The van der Waals surface area contributed by atoms with Crippen molar-refractivity contribution < 1.29 is 5.11 Å². The van der Waals surface area contributed by atoms with Crippen LogP contribution < -0.4 is 21.7 Å². The van der Waals surface area contributed by atoms with Crippen molar-refractivity contribution in [2.75, 3.05) is 42.4 Å². The van der Waals surface area contributed by atoms with E-state index in [1.165, 1.54) is 4.68 Å². The van der Waals surface area contributed by atoms with Crippen LogP contribution in [0.5, 0.6) is 0 Å². The number of nitrogens with zero attached hydrogens (tertiary/aromatic N) is 3. The Morgan fingerprint density at radius 3 is 2.48 bits per heavy atom. The van der Waals surface area contributed by atoms with E-state index in [9.17, 15) is 0 Å². The maximum atomic E-state index is 8.95. The van der Waals surface area contributed by atoms with Gasteiger partial charge in [0.1, 0.15) is 11.5 Å². The first-order chi connectivity index (χ1) is 10.0. The number of aliphatic hydroxyl groups is 1. The zero-order valence-electron chi connectivity index (χ0n) is 12.4. The van der Waals surface area contributed by atoms with Crippen molar-refractivity contribution >= 4 is 22.9 Å². The van der Waals surface area contributed by atoms with Gasteiger partial charge in [0.2, 0.25) is 0 Å². The summed E-state index contributed by atoms with van der Waals surface area (Å²) in [5, 5.41) is 16.5. The van der Waals surface area contributed by atoms with Crippen LogP contribution in [0.2, 0.25) is 0 Å². The standard InChI is InChI=1S/C14H22N6O/c1-19(2)11-5-3-10(4-6-11)17-9-12-13(15)14(16)20(18-12)7-8-21/h3-6,17,21H,7-9,15-16H2,1-2H3. The fourth-order valence-corrected chi connectivity index (χ4v) is 2.00. The lowest BCUT2D eigenvalue weighted by Crippen LogP contribution is -2.09. The van der Waals surface area contributed by atoms with Crippen molar-refractivity contribution in [2.45, 2.75) is 13.1 Å². The van der Waals surface area contributed by atoms with Crippen molar-refractivity contribution in [1.82, 2.24) is 9.78 Å². The molecule has 21 heavy (non-hydrogen) atoms. The SMILES string of the molecule is CN(C)c1ccc(NCc2nn(CCO)c(N)c2N)cc1. The van der Waals surface area contributed by atoms with Gasteiger partial charge in [0.15, 0.2) is 0 Å². The summed E-state index contributed by atoms with van der Waals surface area (Å²) >= 11 is 0. The Balaban J connectivity index is 2.04. The predicted molar refractivity (Wildman–Crippen MR) is 86.2 cm³/mol. The first-order valence-corrected chi connectivity index (χ1v) is 6.75. The van der Waals surface area contributed by atoms with Crippen LogP contribution in [0.3, 0.4) is 0 Å². The third-order valence-corrected chi connectivity index (χ3v) is 3.26. The minimum atomic E-state index is -0.0236. The minimum Gasteiger partial charge on any atom is -0.394 e. The third kappa shape index (κ3) is 3.38. The quantitative estimate of drug-likeness (QED) is 0.625. The highest BCUT2D eigenvalue weighted by Crippen LogP contribution is 2.21. The topological polar surface area (TPSA) is 105 Å². The zero-order chi connectivity index (χ0) is 15.4. The summed E-state index contributed by atoms with van der Waals surface area (Å²) in [6.07, 6.45) is 0. The van der Waals surface area contributed by atoms with Gasteiger partial charge in [-0.05, 0) is 24.3 Å². The van der Waals surface area contributed by atoms with E-state index in [0.29, 0.717) is 30.3 Å². The highest BCUT2D eigenvalue weighted by atomic mass is 16.3. The molecule has 0 bridgehead atoms. The number of hydrogen-bond donors (Lipinski definition) is 4. The number of benzene rings is 1. The Morgan fingerprint density at radius 1 is 1.24 bits per heavy atom. The van der Waals surface area contributed by atoms with E-state index in [1.54, 1.807) is 0 Å². The van der Waals surface area contributed by atoms with Crippen molar-refractivity contribution in [2.24, 2.45) is 0 Å². The number of aromatic nitrogens is 2. The summed E-state index contributed by atoms with van der Waals surface area (Å²) in [5.74, 6) is 0.392. The predicted octanol–water partition coefficient (Wildman–Crippen LogP) is 0.718. The minimum absolute atomic E-state index is 0.0236. The van der Waals surface area contributed by atoms with Gasteiger partial charge in [-0.2, -0.15) is 5.10 Å². The number of rotatable bonds is 6. The van der Waals surface area contributed by atoms with Gasteiger partial charge >= 0.3 is 0 Å². The normalized spacial score (nSPS) is 10.6. The van der Waals surface area contributed by atoms with E-state index < -0.39 is 0 Å². The Kier molecular flexibility index (Phi) is 4.54. The van der Waals surface area contributed by atoms with E-state index in [2.05, 4.69) is 10.4 Å². The van der Waals surface area contributed by atoms with E-state index in [1.807, 2.05) is 43.3 Å². The van der Waals surface area contributed by atoms with Crippen molar-refractivity contribution in [3.8, 4) is 0 Å². The molecule has 2 aromatic rings. The fraction of sp³-hybridized carbons (Fsp3) is 0.357. The summed E-state index contributed by atoms with van der Waals surface area (Å²) in [6.45, 7) is 0.799. The van der Waals surface area contributed by atoms with Crippen molar-refractivity contribution in [3.63, 3.8) is 0 Å². The first kappa shape index (κ1) is 15.0. The van der Waals surface area contributed by atoms with Crippen LogP contribution in [-0.2, 0) is 13.1 Å². The lowest BCUT2D eigenvalue weighted by atomic mass is 10.2. The number of aliphatic hydroxyl groups excluding tert-OH is 1. The second kappa shape index (κ2) is 6.36. The molecule has 0 saturated carbocycles. The largest absolute Gasteiger partial charge is 0.394 e. The second-order valence-corrected chi connectivity index (χ2v) is 4.99. The van der Waals surface area contributed by atoms with Crippen LogP contribution in [0.4, 0.5) is 22.9 Å². The molecule has 0 unspecified atom stereocenters. The number of hydrogen-bond acceptors (Lipinski definition) is 6. The average Bonchev–Trinajstić information content (AvgIpc) is 2.74. The van der Waals surface area contributed by atoms with E-state index in [4.69, 9.17) is 16.6 Å². The molecule has 0 amide bonds. The Hall–Kier alpha value is -2.41. The fourth-order valence-electron chi connectivity index (χ4n) is 2.00. The Morgan fingerprint density at radius 2 is 1.90 bits per heavy atom. The molecule has 0 radical (unpaired) electrons. The third-order valence-electron chi connectivity index (χ3n) is 3.26. The Labute approximate surface area is 124 Å². The summed E-state index contributed by atoms with van der Waals surface area (Å²) in [5.41, 5.74) is 15.0. The lowest BCUT2D eigenvalue weighted by molar-refractivity contribution is 0.270. The van der Waals surface area contributed by atoms with Gasteiger partial charge in [0.05, 0.1) is 25.4 Å². The molecule has 2 rings (SSSR count). The average molecular weight is 290 g/mol. The molecule has 7 heteroatoms.